The van der Waals surface area contributed by atoms with Gasteiger partial charge in [0.1, 0.15) is 18.3 Å². The summed E-state index contributed by atoms with van der Waals surface area (Å²) in [6, 6.07) is 0. The average molecular weight is 308 g/mol. The van der Waals surface area contributed by atoms with Crippen LogP contribution in [0.25, 0.3) is 0 Å². The van der Waals surface area contributed by atoms with Crippen molar-refractivity contribution >= 4 is 17.9 Å². The molecule has 0 spiro atoms. The SMILES string of the molecule is C=C(C)C(=O)OCCC(=O)OC1C2CC3C(=O)OC1(C)C3C2. The van der Waals surface area contributed by atoms with Crippen LogP contribution in [0.2, 0.25) is 0 Å². The Morgan fingerprint density at radius 1 is 1.41 bits per heavy atom. The lowest BCUT2D eigenvalue weighted by molar-refractivity contribution is -0.175. The lowest BCUT2D eigenvalue weighted by atomic mass is 9.79. The van der Waals surface area contributed by atoms with Crippen molar-refractivity contribution in [2.45, 2.75) is 44.8 Å². The van der Waals surface area contributed by atoms with Crippen molar-refractivity contribution in [3.8, 4) is 0 Å². The molecule has 3 aliphatic rings. The highest BCUT2D eigenvalue weighted by Gasteiger charge is 2.70. The summed E-state index contributed by atoms with van der Waals surface area (Å²) < 4.78 is 15.9. The predicted molar refractivity (Wildman–Crippen MR) is 74.5 cm³/mol. The maximum atomic E-state index is 11.9. The minimum absolute atomic E-state index is 0.0135. The molecule has 2 bridgehead atoms. The van der Waals surface area contributed by atoms with E-state index in [1.807, 2.05) is 6.92 Å². The normalized spacial score (nSPS) is 37.8. The molecule has 3 rings (SSSR count). The van der Waals surface area contributed by atoms with Crippen molar-refractivity contribution in [2.75, 3.05) is 6.61 Å². The Morgan fingerprint density at radius 3 is 2.82 bits per heavy atom. The zero-order chi connectivity index (χ0) is 16.1. The molecular weight excluding hydrogens is 288 g/mol. The predicted octanol–water partition coefficient (Wildman–Crippen LogP) is 1.38. The van der Waals surface area contributed by atoms with E-state index in [-0.39, 0.29) is 48.4 Å². The number of ether oxygens (including phenoxy) is 3. The molecule has 2 saturated carbocycles. The largest absolute Gasteiger partial charge is 0.462 e. The molecular formula is C16H20O6. The monoisotopic (exact) mass is 308 g/mol. The number of hydrogen-bond donors (Lipinski definition) is 0. The van der Waals surface area contributed by atoms with Gasteiger partial charge in [-0.15, -0.1) is 0 Å². The van der Waals surface area contributed by atoms with Gasteiger partial charge < -0.3 is 14.2 Å². The second-order valence-corrected chi connectivity index (χ2v) is 6.63. The summed E-state index contributed by atoms with van der Waals surface area (Å²) in [4.78, 5) is 35.0. The highest BCUT2D eigenvalue weighted by atomic mass is 16.6. The van der Waals surface area contributed by atoms with Crippen LogP contribution in [0.15, 0.2) is 12.2 Å². The molecule has 6 heteroatoms. The van der Waals surface area contributed by atoms with Gasteiger partial charge in [0.2, 0.25) is 0 Å². The average Bonchev–Trinajstić information content (AvgIpc) is 3.02. The van der Waals surface area contributed by atoms with E-state index in [9.17, 15) is 14.4 Å². The first-order valence-electron chi connectivity index (χ1n) is 7.58. The maximum absolute atomic E-state index is 11.9. The Balaban J connectivity index is 1.54. The molecule has 6 nitrogen and oxygen atoms in total. The fourth-order valence-corrected chi connectivity index (χ4v) is 4.09. The Hall–Kier alpha value is -1.85. The minimum atomic E-state index is -0.686. The second kappa shape index (κ2) is 5.11. The van der Waals surface area contributed by atoms with Crippen molar-refractivity contribution in [3.63, 3.8) is 0 Å². The van der Waals surface area contributed by atoms with Crippen molar-refractivity contribution in [2.24, 2.45) is 17.8 Å². The van der Waals surface area contributed by atoms with Crippen LogP contribution in [0, 0.1) is 17.8 Å². The van der Waals surface area contributed by atoms with Gasteiger partial charge in [-0.3, -0.25) is 9.59 Å². The van der Waals surface area contributed by atoms with Gasteiger partial charge in [-0.25, -0.2) is 4.79 Å². The summed E-state index contributed by atoms with van der Waals surface area (Å²) in [5.41, 5.74) is -0.396. The van der Waals surface area contributed by atoms with E-state index in [2.05, 4.69) is 6.58 Å². The first-order valence-corrected chi connectivity index (χ1v) is 7.58. The Labute approximate surface area is 128 Å². The highest BCUT2D eigenvalue weighted by Crippen LogP contribution is 2.61. The molecule has 3 fully saturated rings. The standard InChI is InChI=1S/C16H20O6/c1-8(2)14(18)20-5-4-12(17)21-13-9-6-10-11(7-9)16(13,3)22-15(10)19/h9-11,13H,1,4-7H2,2-3H3. The summed E-state index contributed by atoms with van der Waals surface area (Å²) in [5, 5.41) is 0. The maximum Gasteiger partial charge on any atom is 0.333 e. The summed E-state index contributed by atoms with van der Waals surface area (Å²) >= 11 is 0. The number of esters is 3. The van der Waals surface area contributed by atoms with Gasteiger partial charge in [-0.2, -0.15) is 0 Å². The molecule has 1 saturated heterocycles. The first-order chi connectivity index (χ1) is 10.3. The zero-order valence-electron chi connectivity index (χ0n) is 12.8. The smallest absolute Gasteiger partial charge is 0.333 e. The molecule has 0 aromatic carbocycles. The number of rotatable bonds is 5. The van der Waals surface area contributed by atoms with Crippen LogP contribution in [0.1, 0.15) is 33.1 Å². The van der Waals surface area contributed by atoms with Crippen molar-refractivity contribution < 1.29 is 28.6 Å². The van der Waals surface area contributed by atoms with E-state index >= 15 is 0 Å². The van der Waals surface area contributed by atoms with Gasteiger partial charge in [-0.1, -0.05) is 6.58 Å². The number of carbonyl (C=O) groups excluding carboxylic acids is 3. The van der Waals surface area contributed by atoms with E-state index in [1.54, 1.807) is 6.92 Å². The van der Waals surface area contributed by atoms with Crippen LogP contribution in [-0.4, -0.2) is 36.2 Å². The van der Waals surface area contributed by atoms with E-state index in [4.69, 9.17) is 14.2 Å². The molecule has 22 heavy (non-hydrogen) atoms. The summed E-state index contributed by atoms with van der Waals surface area (Å²) in [5.74, 6) is -0.803. The molecule has 120 valence electrons. The minimum Gasteiger partial charge on any atom is -0.462 e. The topological polar surface area (TPSA) is 78.9 Å². The third-order valence-electron chi connectivity index (χ3n) is 5.10. The summed E-state index contributed by atoms with van der Waals surface area (Å²) in [7, 11) is 0. The van der Waals surface area contributed by atoms with Gasteiger partial charge in [0, 0.05) is 17.4 Å². The van der Waals surface area contributed by atoms with Crippen LogP contribution in [0.4, 0.5) is 0 Å². The number of carbonyl (C=O) groups is 3. The summed E-state index contributed by atoms with van der Waals surface area (Å²) in [6.07, 6.45) is 1.21. The van der Waals surface area contributed by atoms with Crippen LogP contribution in [-0.2, 0) is 28.6 Å². The fraction of sp³-hybridized carbons (Fsp3) is 0.688. The molecule has 0 aromatic heterocycles. The van der Waals surface area contributed by atoms with Crippen molar-refractivity contribution in [3.05, 3.63) is 12.2 Å². The van der Waals surface area contributed by atoms with Crippen LogP contribution < -0.4 is 0 Å². The zero-order valence-corrected chi connectivity index (χ0v) is 12.8. The Kier molecular flexibility index (Phi) is 3.50. The third-order valence-corrected chi connectivity index (χ3v) is 5.10. The molecule has 5 unspecified atom stereocenters. The quantitative estimate of drug-likeness (QED) is 0.434. The van der Waals surface area contributed by atoms with Crippen molar-refractivity contribution in [1.29, 1.82) is 0 Å². The van der Waals surface area contributed by atoms with Crippen molar-refractivity contribution in [1.82, 2.24) is 0 Å². The van der Waals surface area contributed by atoms with Crippen LogP contribution >= 0.6 is 0 Å². The fourth-order valence-electron chi connectivity index (χ4n) is 4.09. The third kappa shape index (κ3) is 2.21. The highest BCUT2D eigenvalue weighted by molar-refractivity contribution is 5.87. The molecule has 2 aliphatic carbocycles. The van der Waals surface area contributed by atoms with E-state index in [1.165, 1.54) is 0 Å². The lowest BCUT2D eigenvalue weighted by Gasteiger charge is -2.34. The molecule has 0 N–H and O–H groups in total. The molecule has 1 heterocycles. The molecule has 0 amide bonds. The van der Waals surface area contributed by atoms with Crippen LogP contribution in [0.3, 0.4) is 0 Å². The number of hydrogen-bond acceptors (Lipinski definition) is 6. The lowest BCUT2D eigenvalue weighted by Crippen LogP contribution is -2.46. The van der Waals surface area contributed by atoms with Gasteiger partial charge >= 0.3 is 17.9 Å². The van der Waals surface area contributed by atoms with Crippen LogP contribution in [0.5, 0.6) is 0 Å². The first kappa shape index (κ1) is 15.1. The van der Waals surface area contributed by atoms with E-state index in [0.717, 1.165) is 12.8 Å². The number of fused-ring (bicyclic) bond motifs is 1. The Bertz CT molecular complexity index is 553. The van der Waals surface area contributed by atoms with Gasteiger partial charge in [-0.05, 0) is 26.7 Å². The van der Waals surface area contributed by atoms with Gasteiger partial charge in [0.25, 0.3) is 0 Å². The molecule has 5 atom stereocenters. The summed E-state index contributed by atoms with van der Waals surface area (Å²) in [6.45, 7) is 6.83. The van der Waals surface area contributed by atoms with Gasteiger partial charge in [0.15, 0.2) is 0 Å². The molecule has 0 radical (unpaired) electrons. The van der Waals surface area contributed by atoms with E-state index in [0.29, 0.717) is 0 Å². The molecule has 1 aliphatic heterocycles. The Morgan fingerprint density at radius 2 is 2.14 bits per heavy atom. The van der Waals surface area contributed by atoms with Gasteiger partial charge in [0.05, 0.1) is 12.3 Å². The van der Waals surface area contributed by atoms with E-state index < -0.39 is 17.5 Å². The second-order valence-electron chi connectivity index (χ2n) is 6.63. The molecule has 0 aromatic rings.